The summed E-state index contributed by atoms with van der Waals surface area (Å²) in [7, 11) is 0. The van der Waals surface area contributed by atoms with Crippen LogP contribution in [0.3, 0.4) is 0 Å². The van der Waals surface area contributed by atoms with Gasteiger partial charge in [0.2, 0.25) is 0 Å². The van der Waals surface area contributed by atoms with Gasteiger partial charge in [0.1, 0.15) is 34.5 Å². The first-order chi connectivity index (χ1) is 17.8. The molecular formula is C27H28ClF2N5O3. The minimum atomic E-state index is -1.18. The van der Waals surface area contributed by atoms with E-state index in [4.69, 9.17) is 16.3 Å². The molecule has 11 heteroatoms. The summed E-state index contributed by atoms with van der Waals surface area (Å²) in [6, 6.07) is 3.94. The van der Waals surface area contributed by atoms with Gasteiger partial charge in [0.25, 0.3) is 5.56 Å². The highest BCUT2D eigenvalue weighted by atomic mass is 35.5. The number of rotatable bonds is 9. The highest BCUT2D eigenvalue weighted by Gasteiger charge is 2.20. The largest absolute Gasteiger partial charge is 0.485 e. The lowest BCUT2D eigenvalue weighted by atomic mass is 10.1. The molecule has 0 saturated carbocycles. The van der Waals surface area contributed by atoms with Crippen molar-refractivity contribution in [3.63, 3.8) is 0 Å². The van der Waals surface area contributed by atoms with Crippen LogP contribution in [0.25, 0.3) is 5.70 Å². The van der Waals surface area contributed by atoms with E-state index in [1.54, 1.807) is 53.1 Å². The molecule has 3 rings (SSSR count). The lowest BCUT2D eigenvalue weighted by molar-refractivity contribution is 0.0684. The first-order valence-corrected chi connectivity index (χ1v) is 11.9. The molecular weight excluding hydrogens is 516 g/mol. The van der Waals surface area contributed by atoms with Gasteiger partial charge < -0.3 is 9.84 Å². The number of aliphatic hydroxyl groups is 1. The molecule has 0 radical (unpaired) electrons. The molecule has 0 aromatic carbocycles. The number of pyridine rings is 2. The van der Waals surface area contributed by atoms with Gasteiger partial charge in [-0.25, -0.2) is 18.7 Å². The molecule has 8 nitrogen and oxygen atoms in total. The number of aromatic nitrogens is 4. The molecule has 3 aromatic heterocycles. The van der Waals surface area contributed by atoms with E-state index in [1.165, 1.54) is 10.6 Å². The highest BCUT2D eigenvalue weighted by molar-refractivity contribution is 6.31. The fraction of sp³-hybridized carbons (Fsp3) is 0.296. The Kier molecular flexibility index (Phi) is 8.90. The number of halogens is 3. The third kappa shape index (κ3) is 6.76. The van der Waals surface area contributed by atoms with Crippen LogP contribution in [-0.2, 0) is 18.8 Å². The van der Waals surface area contributed by atoms with Crippen molar-refractivity contribution in [1.82, 2.24) is 19.5 Å². The number of hydrogen-bond acceptors (Lipinski definition) is 7. The maximum absolute atomic E-state index is 13.9. The van der Waals surface area contributed by atoms with Crippen LogP contribution in [-0.4, -0.2) is 30.8 Å². The molecule has 3 heterocycles. The zero-order chi connectivity index (χ0) is 28.2. The fourth-order valence-electron chi connectivity index (χ4n) is 3.58. The molecule has 3 aromatic rings. The Morgan fingerprint density at radius 3 is 2.63 bits per heavy atom. The number of hydrogen-bond donors (Lipinski definition) is 1. The predicted octanol–water partition coefficient (Wildman–Crippen LogP) is 5.16. The number of nitrogens with zero attached hydrogens (tertiary/aromatic N) is 5. The first kappa shape index (κ1) is 28.8. The lowest BCUT2D eigenvalue weighted by Gasteiger charge is -2.18. The molecule has 0 aliphatic heterocycles. The monoisotopic (exact) mass is 543 g/mol. The number of aryl methyl sites for hydroxylation is 1. The summed E-state index contributed by atoms with van der Waals surface area (Å²) in [4.78, 5) is 29.8. The van der Waals surface area contributed by atoms with Crippen molar-refractivity contribution in [3.05, 3.63) is 98.2 Å². The van der Waals surface area contributed by atoms with E-state index in [0.717, 1.165) is 6.20 Å². The zero-order valence-electron chi connectivity index (χ0n) is 21.7. The maximum atomic E-state index is 13.9. The van der Waals surface area contributed by atoms with E-state index < -0.39 is 22.8 Å². The summed E-state index contributed by atoms with van der Waals surface area (Å²) >= 11 is 6.34. The Bertz CT molecular complexity index is 1490. The minimum absolute atomic E-state index is 0.0368. The van der Waals surface area contributed by atoms with Crippen LogP contribution >= 0.6 is 11.6 Å². The van der Waals surface area contributed by atoms with E-state index in [9.17, 15) is 18.7 Å². The Morgan fingerprint density at radius 2 is 2.00 bits per heavy atom. The second-order valence-electron chi connectivity index (χ2n) is 9.19. The van der Waals surface area contributed by atoms with Crippen LogP contribution in [0.5, 0.6) is 5.75 Å². The van der Waals surface area contributed by atoms with E-state index >= 15 is 0 Å². The lowest BCUT2D eigenvalue weighted by Crippen LogP contribution is -2.24. The van der Waals surface area contributed by atoms with Crippen molar-refractivity contribution in [1.29, 1.82) is 0 Å². The SMILES string of the molecule is C=C(C)/C(=C(C)\C=N/Cc1ccnc(C(C)(C)O)n1)n1c(C)cc(OCc2ncc(F)cc2F)c(Cl)c1=O. The number of aliphatic imine (C=N–C) groups is 1. The van der Waals surface area contributed by atoms with Gasteiger partial charge >= 0.3 is 0 Å². The average Bonchev–Trinajstić information content (AvgIpc) is 2.83. The van der Waals surface area contributed by atoms with Crippen molar-refractivity contribution in [2.75, 3.05) is 0 Å². The quantitative estimate of drug-likeness (QED) is 0.295. The molecule has 0 saturated heterocycles. The van der Waals surface area contributed by atoms with E-state index in [1.807, 2.05) is 0 Å². The molecule has 38 heavy (non-hydrogen) atoms. The van der Waals surface area contributed by atoms with E-state index in [2.05, 4.69) is 26.5 Å². The second-order valence-corrected chi connectivity index (χ2v) is 9.57. The summed E-state index contributed by atoms with van der Waals surface area (Å²) in [6.45, 7) is 12.3. The summed E-state index contributed by atoms with van der Waals surface area (Å²) in [6.07, 6.45) is 4.03. The number of allylic oxidation sites excluding steroid dienone is 3. The van der Waals surface area contributed by atoms with E-state index in [-0.39, 0.29) is 35.4 Å². The molecule has 0 amide bonds. The third-order valence-electron chi connectivity index (χ3n) is 5.35. The van der Waals surface area contributed by atoms with Gasteiger partial charge in [0.15, 0.2) is 11.6 Å². The number of ether oxygens (including phenoxy) is 1. The fourth-order valence-corrected chi connectivity index (χ4v) is 3.77. The van der Waals surface area contributed by atoms with Crippen molar-refractivity contribution < 1.29 is 18.6 Å². The summed E-state index contributed by atoms with van der Waals surface area (Å²) in [5, 5.41) is 9.91. The molecule has 0 aliphatic carbocycles. The van der Waals surface area contributed by atoms with Crippen LogP contribution in [0.2, 0.25) is 5.02 Å². The van der Waals surface area contributed by atoms with Crippen LogP contribution in [0, 0.1) is 18.6 Å². The first-order valence-electron chi connectivity index (χ1n) is 11.6. The van der Waals surface area contributed by atoms with Gasteiger partial charge in [0.05, 0.1) is 24.1 Å². The molecule has 0 unspecified atom stereocenters. The molecule has 1 N–H and O–H groups in total. The van der Waals surface area contributed by atoms with Gasteiger partial charge in [-0.2, -0.15) is 0 Å². The molecule has 200 valence electrons. The Morgan fingerprint density at radius 1 is 1.29 bits per heavy atom. The Labute approximate surface area is 224 Å². The summed E-state index contributed by atoms with van der Waals surface area (Å²) in [5.74, 6) is -1.35. The van der Waals surface area contributed by atoms with Crippen LogP contribution in [0.1, 0.15) is 50.6 Å². The van der Waals surface area contributed by atoms with Crippen molar-refractivity contribution >= 4 is 23.5 Å². The van der Waals surface area contributed by atoms with Crippen molar-refractivity contribution in [3.8, 4) is 5.75 Å². The zero-order valence-corrected chi connectivity index (χ0v) is 22.5. The Balaban J connectivity index is 1.90. The molecule has 0 spiro atoms. The second kappa shape index (κ2) is 11.7. The Hall–Kier alpha value is -3.76. The smallest absolute Gasteiger partial charge is 0.277 e. The van der Waals surface area contributed by atoms with Crippen molar-refractivity contribution in [2.45, 2.75) is 53.4 Å². The molecule has 0 atom stereocenters. The van der Waals surface area contributed by atoms with Crippen LogP contribution in [0.15, 0.2) is 58.1 Å². The molecule has 0 fully saturated rings. The van der Waals surface area contributed by atoms with E-state index in [0.29, 0.717) is 34.3 Å². The predicted molar refractivity (Wildman–Crippen MR) is 142 cm³/mol. The highest BCUT2D eigenvalue weighted by Crippen LogP contribution is 2.27. The normalized spacial score (nSPS) is 12.6. The van der Waals surface area contributed by atoms with Gasteiger partial charge in [-0.15, -0.1) is 0 Å². The third-order valence-corrected chi connectivity index (χ3v) is 5.70. The standard InChI is InChI=1S/C27H28ClF2N5O3/c1-15(2)24(16(3)11-31-13-19-7-8-32-26(34-19)27(5,6)37)35-17(4)9-22(23(28)25(35)36)38-14-21-20(30)10-18(29)12-33-21/h7-12,37H,1,13-14H2,2-6H3/b24-16+,31-11-. The molecule has 0 aliphatic rings. The van der Waals surface area contributed by atoms with Gasteiger partial charge in [-0.3, -0.25) is 19.3 Å². The minimum Gasteiger partial charge on any atom is -0.485 e. The van der Waals surface area contributed by atoms with Crippen molar-refractivity contribution in [2.24, 2.45) is 4.99 Å². The maximum Gasteiger partial charge on any atom is 0.277 e. The van der Waals surface area contributed by atoms with Gasteiger partial charge in [-0.05, 0) is 51.8 Å². The molecule has 0 bridgehead atoms. The summed E-state index contributed by atoms with van der Waals surface area (Å²) < 4.78 is 34.0. The average molecular weight is 544 g/mol. The van der Waals surface area contributed by atoms with Crippen LogP contribution in [0.4, 0.5) is 8.78 Å². The topological polar surface area (TPSA) is 102 Å². The van der Waals surface area contributed by atoms with Crippen LogP contribution < -0.4 is 10.3 Å². The van der Waals surface area contributed by atoms with Gasteiger partial charge in [0, 0.05) is 30.2 Å². The van der Waals surface area contributed by atoms with Gasteiger partial charge in [-0.1, -0.05) is 18.2 Å². The summed E-state index contributed by atoms with van der Waals surface area (Å²) in [5.41, 5.74) is 0.953.